The summed E-state index contributed by atoms with van der Waals surface area (Å²) in [7, 11) is 0. The molecule has 0 bridgehead atoms. The molecule has 166 valence electrons. The van der Waals surface area contributed by atoms with Gasteiger partial charge < -0.3 is 10.5 Å². The lowest BCUT2D eigenvalue weighted by Crippen LogP contribution is -2.40. The van der Waals surface area contributed by atoms with Crippen LogP contribution in [-0.4, -0.2) is 17.1 Å². The average molecular weight is 587 g/mol. The largest absolute Gasteiger partial charge is 0.463 e. The van der Waals surface area contributed by atoms with Crippen LogP contribution in [0, 0.1) is 11.3 Å². The lowest BCUT2D eigenvalue weighted by Gasteiger charge is -2.24. The van der Waals surface area contributed by atoms with Gasteiger partial charge in [-0.3, -0.25) is 9.36 Å². The van der Waals surface area contributed by atoms with E-state index < -0.39 is 17.4 Å². The minimum absolute atomic E-state index is 0.0145. The van der Waals surface area contributed by atoms with Crippen LogP contribution in [0.5, 0.6) is 0 Å². The van der Waals surface area contributed by atoms with Gasteiger partial charge in [0.05, 0.1) is 34.3 Å². The van der Waals surface area contributed by atoms with E-state index in [1.165, 1.54) is 4.57 Å². The topological polar surface area (TPSA) is 98.1 Å². The van der Waals surface area contributed by atoms with E-state index in [0.29, 0.717) is 14.8 Å². The molecule has 1 atom stereocenters. The third-order valence-electron chi connectivity index (χ3n) is 5.09. The summed E-state index contributed by atoms with van der Waals surface area (Å²) >= 11 is 8.03. The lowest BCUT2D eigenvalue weighted by molar-refractivity contribution is -0.136. The van der Waals surface area contributed by atoms with Crippen LogP contribution in [0.3, 0.4) is 0 Å². The zero-order chi connectivity index (χ0) is 23.7. The van der Waals surface area contributed by atoms with Gasteiger partial charge in [0.15, 0.2) is 0 Å². The molecule has 33 heavy (non-hydrogen) atoms. The van der Waals surface area contributed by atoms with Gasteiger partial charge in [-0.1, -0.05) is 56.1 Å². The first-order chi connectivity index (χ1) is 15.8. The zero-order valence-corrected chi connectivity index (χ0v) is 21.3. The summed E-state index contributed by atoms with van der Waals surface area (Å²) in [6.07, 6.45) is 1.74. The van der Waals surface area contributed by atoms with Gasteiger partial charge in [-0.05, 0) is 48.4 Å². The Hall–Kier alpha value is -2.93. The summed E-state index contributed by atoms with van der Waals surface area (Å²) in [5.74, 6) is -1.34. The monoisotopic (exact) mass is 585 g/mol. The maximum Gasteiger partial charge on any atom is 0.338 e. The Morgan fingerprint density at radius 2 is 1.94 bits per heavy atom. The molecular weight excluding hydrogens is 570 g/mol. The number of hydrogen-bond donors (Lipinski definition) is 1. The molecule has 6 nitrogen and oxygen atoms in total. The number of halogens is 2. The number of allylic oxidation sites excluding steroid dienone is 1. The van der Waals surface area contributed by atoms with E-state index in [0.717, 1.165) is 25.8 Å². The smallest absolute Gasteiger partial charge is 0.338 e. The van der Waals surface area contributed by atoms with Gasteiger partial charge >= 0.3 is 5.97 Å². The van der Waals surface area contributed by atoms with Crippen molar-refractivity contribution in [3.8, 4) is 6.07 Å². The number of esters is 1. The molecular formula is C24H17Br2N3O3S. The number of benzene rings is 2. The van der Waals surface area contributed by atoms with Crippen LogP contribution in [0.4, 0.5) is 0 Å². The van der Waals surface area contributed by atoms with Gasteiger partial charge in [-0.2, -0.15) is 5.26 Å². The fraction of sp³-hybridized carbons (Fsp3) is 0.125. The number of nitriles is 1. The van der Waals surface area contributed by atoms with Crippen LogP contribution in [0.15, 0.2) is 67.8 Å². The van der Waals surface area contributed by atoms with Crippen molar-refractivity contribution in [2.24, 2.45) is 5.73 Å². The van der Waals surface area contributed by atoms with E-state index in [1.54, 1.807) is 13.0 Å². The van der Waals surface area contributed by atoms with Gasteiger partial charge in [-0.25, -0.2) is 4.79 Å². The van der Waals surface area contributed by atoms with Crippen molar-refractivity contribution in [1.82, 2.24) is 4.57 Å². The van der Waals surface area contributed by atoms with Crippen LogP contribution < -0.4 is 20.5 Å². The van der Waals surface area contributed by atoms with Crippen molar-refractivity contribution >= 4 is 66.6 Å². The third-order valence-corrected chi connectivity index (χ3v) is 7.19. The molecule has 0 aliphatic carbocycles. The second-order valence-electron chi connectivity index (χ2n) is 7.14. The van der Waals surface area contributed by atoms with E-state index in [1.807, 2.05) is 48.5 Å². The molecule has 1 aromatic heterocycles. The normalized spacial score (nSPS) is 15.9. The lowest BCUT2D eigenvalue weighted by atomic mass is 9.84. The van der Waals surface area contributed by atoms with Crippen molar-refractivity contribution in [3.05, 3.63) is 93.7 Å². The summed E-state index contributed by atoms with van der Waals surface area (Å²) in [5, 5.41) is 9.99. The molecule has 1 aliphatic rings. The quantitative estimate of drug-likeness (QED) is 0.472. The number of nitrogens with zero attached hydrogens (tertiary/aromatic N) is 2. The molecule has 2 N–H and O–H groups in total. The predicted molar refractivity (Wildman–Crippen MR) is 135 cm³/mol. The van der Waals surface area contributed by atoms with Crippen LogP contribution in [0.1, 0.15) is 24.0 Å². The van der Waals surface area contributed by atoms with Crippen molar-refractivity contribution in [2.45, 2.75) is 12.8 Å². The number of hydrogen-bond acceptors (Lipinski definition) is 6. The number of thiazole rings is 1. The number of nitrogens with two attached hydrogens (primary N) is 1. The molecule has 0 radical (unpaired) electrons. The fourth-order valence-corrected chi connectivity index (χ4v) is 5.72. The minimum atomic E-state index is -0.761. The van der Waals surface area contributed by atoms with E-state index >= 15 is 0 Å². The highest BCUT2D eigenvalue weighted by Crippen LogP contribution is 2.37. The van der Waals surface area contributed by atoms with Gasteiger partial charge in [0, 0.05) is 8.95 Å². The number of carbonyl (C=O) groups excluding carboxylic acids is 1. The van der Waals surface area contributed by atoms with Crippen LogP contribution >= 0.6 is 43.2 Å². The van der Waals surface area contributed by atoms with Crippen LogP contribution in [0.25, 0.3) is 17.5 Å². The Morgan fingerprint density at radius 3 is 2.58 bits per heavy atom. The SMILES string of the molecule is CCOC(=O)C1=c2sc(=Cc3cccc(Br)c3)c(=O)n2C(N)=C(C#N)C1c1cccc(Br)c1. The van der Waals surface area contributed by atoms with Gasteiger partial charge in [0.25, 0.3) is 5.56 Å². The Kier molecular flexibility index (Phi) is 6.70. The molecule has 2 heterocycles. The molecule has 0 amide bonds. The second-order valence-corrected chi connectivity index (χ2v) is 10.0. The van der Waals surface area contributed by atoms with E-state index in [4.69, 9.17) is 10.5 Å². The Bertz CT molecular complexity index is 1530. The summed E-state index contributed by atoms with van der Waals surface area (Å²) in [4.78, 5) is 26.5. The van der Waals surface area contributed by atoms with Gasteiger partial charge in [0.2, 0.25) is 0 Å². The standard InChI is InChI=1S/C24H17Br2N3O3S/c1-2-32-24(31)20-19(14-6-4-8-16(26)11-14)17(12-27)21(28)29-22(30)18(33-23(20)29)10-13-5-3-7-15(25)9-13/h3-11,19H,2,28H2,1H3. The molecule has 0 saturated heterocycles. The minimum Gasteiger partial charge on any atom is -0.463 e. The highest BCUT2D eigenvalue weighted by atomic mass is 79.9. The predicted octanol–water partition coefficient (Wildman–Crippen LogP) is 3.43. The molecule has 0 saturated carbocycles. The van der Waals surface area contributed by atoms with Crippen LogP contribution in [-0.2, 0) is 9.53 Å². The molecule has 3 aromatic rings. The second kappa shape index (κ2) is 9.51. The molecule has 1 aliphatic heterocycles. The van der Waals surface area contributed by atoms with Gasteiger partial charge in [0.1, 0.15) is 10.5 Å². The maximum absolute atomic E-state index is 13.3. The number of fused-ring (bicyclic) bond motifs is 1. The van der Waals surface area contributed by atoms with Crippen LogP contribution in [0.2, 0.25) is 0 Å². The number of rotatable bonds is 4. The summed E-state index contributed by atoms with van der Waals surface area (Å²) in [5.41, 5.74) is 7.81. The summed E-state index contributed by atoms with van der Waals surface area (Å²) < 4.78 is 9.00. The van der Waals surface area contributed by atoms with Crippen molar-refractivity contribution in [3.63, 3.8) is 0 Å². The summed E-state index contributed by atoms with van der Waals surface area (Å²) in [6.45, 7) is 1.86. The van der Waals surface area contributed by atoms with Gasteiger partial charge in [-0.15, -0.1) is 11.3 Å². The molecule has 0 spiro atoms. The van der Waals surface area contributed by atoms with Crippen molar-refractivity contribution in [1.29, 1.82) is 5.26 Å². The zero-order valence-electron chi connectivity index (χ0n) is 17.3. The van der Waals surface area contributed by atoms with E-state index in [-0.39, 0.29) is 23.6 Å². The molecule has 4 rings (SSSR count). The fourth-order valence-electron chi connectivity index (χ4n) is 3.72. The van der Waals surface area contributed by atoms with E-state index in [9.17, 15) is 14.9 Å². The first kappa shape index (κ1) is 23.2. The number of carbonyl (C=O) groups is 1. The highest BCUT2D eigenvalue weighted by Gasteiger charge is 2.36. The third kappa shape index (κ3) is 4.34. The molecule has 2 aromatic carbocycles. The first-order valence-corrected chi connectivity index (χ1v) is 12.3. The van der Waals surface area contributed by atoms with Crippen molar-refractivity contribution < 1.29 is 9.53 Å². The molecule has 9 heteroatoms. The number of aromatic nitrogens is 1. The Morgan fingerprint density at radius 1 is 1.24 bits per heavy atom. The summed E-state index contributed by atoms with van der Waals surface area (Å²) in [6, 6.07) is 16.9. The molecule has 1 unspecified atom stereocenters. The number of ether oxygens (including phenoxy) is 1. The first-order valence-electron chi connectivity index (χ1n) is 9.91. The Labute approximate surface area is 210 Å². The van der Waals surface area contributed by atoms with E-state index in [2.05, 4.69) is 37.9 Å². The molecule has 0 fully saturated rings. The van der Waals surface area contributed by atoms with Crippen molar-refractivity contribution in [2.75, 3.05) is 6.61 Å². The Balaban J connectivity index is 2.10. The highest BCUT2D eigenvalue weighted by molar-refractivity contribution is 9.10. The maximum atomic E-state index is 13.3. The average Bonchev–Trinajstić information content (AvgIpc) is 3.09.